The first-order chi connectivity index (χ1) is 17.9. The maximum Gasteiger partial charge on any atom is 0.414 e. The topological polar surface area (TPSA) is 117 Å². The molecule has 4 N–H and O–H groups in total. The second-order valence-electron chi connectivity index (χ2n) is 8.95. The number of cyclic esters (lactones) is 1. The molecule has 0 spiro atoms. The SMILES string of the molecule is NC1CCN(c2ccc(N3CC(CNC(=O)c4ccc(Cl)s4)OC3=O)cc2NC(=O)c2ccccc2)C1. The number of nitrogens with one attached hydrogen (secondary N) is 2. The van der Waals surface area contributed by atoms with Crippen LogP contribution in [0.25, 0.3) is 0 Å². The first kappa shape index (κ1) is 25.1. The Hall–Kier alpha value is -3.60. The molecule has 37 heavy (non-hydrogen) atoms. The Kier molecular flexibility index (Phi) is 7.31. The summed E-state index contributed by atoms with van der Waals surface area (Å²) in [5, 5.41) is 5.79. The summed E-state index contributed by atoms with van der Waals surface area (Å²) in [6.45, 7) is 1.87. The maximum absolute atomic E-state index is 13.0. The monoisotopic (exact) mass is 539 g/mol. The summed E-state index contributed by atoms with van der Waals surface area (Å²) in [5.74, 6) is -0.522. The zero-order valence-corrected chi connectivity index (χ0v) is 21.4. The van der Waals surface area contributed by atoms with Gasteiger partial charge in [-0.1, -0.05) is 29.8 Å². The van der Waals surface area contributed by atoms with Crippen LogP contribution < -0.4 is 26.2 Å². The zero-order valence-electron chi connectivity index (χ0n) is 19.9. The standard InChI is InChI=1S/C26H26ClN5O4S/c27-23-9-8-22(37-23)25(34)29-13-19-15-32(26(35)36-19)18-6-7-21(31-11-10-17(28)14-31)20(12-18)30-24(33)16-4-2-1-3-5-16/h1-9,12,17,19H,10-11,13-15,28H2,(H,29,34)(H,30,33). The van der Waals surface area contributed by atoms with Gasteiger partial charge in [-0.2, -0.15) is 0 Å². The minimum atomic E-state index is -0.523. The molecule has 2 saturated heterocycles. The van der Waals surface area contributed by atoms with E-state index in [-0.39, 0.29) is 30.9 Å². The number of rotatable bonds is 7. The van der Waals surface area contributed by atoms with E-state index in [2.05, 4.69) is 15.5 Å². The predicted molar refractivity (Wildman–Crippen MR) is 145 cm³/mol. The van der Waals surface area contributed by atoms with Crippen molar-refractivity contribution in [3.63, 3.8) is 0 Å². The van der Waals surface area contributed by atoms with Gasteiger partial charge in [0.1, 0.15) is 6.10 Å². The number of ether oxygens (including phenoxy) is 1. The molecule has 2 aliphatic heterocycles. The smallest absolute Gasteiger partial charge is 0.414 e. The van der Waals surface area contributed by atoms with Crippen LogP contribution >= 0.6 is 22.9 Å². The molecule has 11 heteroatoms. The summed E-state index contributed by atoms with van der Waals surface area (Å²) in [6.07, 6.45) is -0.183. The van der Waals surface area contributed by atoms with E-state index in [9.17, 15) is 14.4 Å². The molecule has 5 rings (SSSR count). The van der Waals surface area contributed by atoms with Crippen molar-refractivity contribution in [1.82, 2.24) is 5.32 Å². The molecule has 3 aromatic rings. The van der Waals surface area contributed by atoms with Crippen LogP contribution in [0.15, 0.2) is 60.7 Å². The summed E-state index contributed by atoms with van der Waals surface area (Å²) < 4.78 is 6.02. The lowest BCUT2D eigenvalue weighted by Gasteiger charge is -2.24. The Balaban J connectivity index is 1.32. The lowest BCUT2D eigenvalue weighted by atomic mass is 10.1. The number of nitrogens with zero attached hydrogens (tertiary/aromatic N) is 2. The number of anilines is 3. The molecule has 0 aliphatic carbocycles. The molecule has 0 radical (unpaired) electrons. The van der Waals surface area contributed by atoms with E-state index in [1.165, 1.54) is 16.2 Å². The fourth-order valence-electron chi connectivity index (χ4n) is 4.43. The van der Waals surface area contributed by atoms with Crippen molar-refractivity contribution in [3.05, 3.63) is 75.4 Å². The van der Waals surface area contributed by atoms with Gasteiger partial charge >= 0.3 is 6.09 Å². The molecule has 0 saturated carbocycles. The van der Waals surface area contributed by atoms with E-state index in [0.717, 1.165) is 18.7 Å². The number of carbonyl (C=O) groups is 3. The fourth-order valence-corrected chi connectivity index (χ4v) is 5.39. The zero-order chi connectivity index (χ0) is 25.9. The molecule has 9 nitrogen and oxygen atoms in total. The van der Waals surface area contributed by atoms with Crippen molar-refractivity contribution in [2.75, 3.05) is 41.3 Å². The molecule has 2 aliphatic rings. The maximum atomic E-state index is 13.0. The number of thiophene rings is 1. The minimum Gasteiger partial charge on any atom is -0.442 e. The molecule has 2 aromatic carbocycles. The lowest BCUT2D eigenvalue weighted by Crippen LogP contribution is -2.34. The number of carbonyl (C=O) groups excluding carboxylic acids is 3. The molecule has 2 fully saturated rings. The molecule has 192 valence electrons. The van der Waals surface area contributed by atoms with E-state index >= 15 is 0 Å². The summed E-state index contributed by atoms with van der Waals surface area (Å²) in [4.78, 5) is 42.1. The van der Waals surface area contributed by atoms with Gasteiger partial charge in [-0.25, -0.2) is 4.79 Å². The summed E-state index contributed by atoms with van der Waals surface area (Å²) in [6, 6.07) is 17.8. The Bertz CT molecular complexity index is 1320. The van der Waals surface area contributed by atoms with Gasteiger partial charge in [-0.3, -0.25) is 14.5 Å². The highest BCUT2D eigenvalue weighted by Crippen LogP contribution is 2.34. The summed E-state index contributed by atoms with van der Waals surface area (Å²) in [5.41, 5.74) is 8.66. The van der Waals surface area contributed by atoms with Crippen LogP contribution in [0.3, 0.4) is 0 Å². The highest BCUT2D eigenvalue weighted by Gasteiger charge is 2.33. The van der Waals surface area contributed by atoms with Gasteiger partial charge in [-0.05, 0) is 48.9 Å². The minimum absolute atomic E-state index is 0.0621. The Morgan fingerprint density at radius 3 is 2.59 bits per heavy atom. The number of benzene rings is 2. The van der Waals surface area contributed by atoms with Gasteiger partial charge in [0, 0.05) is 30.4 Å². The van der Waals surface area contributed by atoms with E-state index in [0.29, 0.717) is 32.7 Å². The third-order valence-corrected chi connectivity index (χ3v) is 7.53. The normalized spacial score (nSPS) is 19.1. The molecular formula is C26H26ClN5O4S. The quantitative estimate of drug-likeness (QED) is 0.418. The van der Waals surface area contributed by atoms with E-state index in [4.69, 9.17) is 22.1 Å². The molecular weight excluding hydrogens is 514 g/mol. The van der Waals surface area contributed by atoms with Gasteiger partial charge in [0.15, 0.2) is 0 Å². The largest absolute Gasteiger partial charge is 0.442 e. The number of hydrogen-bond donors (Lipinski definition) is 3. The van der Waals surface area contributed by atoms with Gasteiger partial charge in [0.25, 0.3) is 11.8 Å². The lowest BCUT2D eigenvalue weighted by molar-refractivity contribution is 0.0919. The Morgan fingerprint density at radius 2 is 1.89 bits per heavy atom. The van der Waals surface area contributed by atoms with Gasteiger partial charge in [0.2, 0.25) is 0 Å². The van der Waals surface area contributed by atoms with Gasteiger partial charge in [0.05, 0.1) is 33.7 Å². The Morgan fingerprint density at radius 1 is 1.08 bits per heavy atom. The van der Waals surface area contributed by atoms with Crippen LogP contribution in [0.2, 0.25) is 4.34 Å². The first-order valence-electron chi connectivity index (χ1n) is 11.9. The van der Waals surface area contributed by atoms with Crippen molar-refractivity contribution in [1.29, 1.82) is 0 Å². The second-order valence-corrected chi connectivity index (χ2v) is 10.7. The number of amides is 3. The molecule has 0 bridgehead atoms. The number of halogens is 1. The average molecular weight is 540 g/mol. The number of nitrogens with two attached hydrogens (primary N) is 1. The third-order valence-electron chi connectivity index (χ3n) is 6.30. The summed E-state index contributed by atoms with van der Waals surface area (Å²) in [7, 11) is 0. The van der Waals surface area contributed by atoms with Crippen LogP contribution in [0.4, 0.5) is 21.9 Å². The van der Waals surface area contributed by atoms with E-state index in [1.807, 2.05) is 18.2 Å². The van der Waals surface area contributed by atoms with E-state index in [1.54, 1.807) is 42.5 Å². The summed E-state index contributed by atoms with van der Waals surface area (Å²) >= 11 is 7.09. The fraction of sp³-hybridized carbons (Fsp3) is 0.269. The average Bonchev–Trinajstić information content (AvgIpc) is 3.63. The van der Waals surface area contributed by atoms with Crippen LogP contribution in [0.5, 0.6) is 0 Å². The van der Waals surface area contributed by atoms with E-state index < -0.39 is 12.2 Å². The van der Waals surface area contributed by atoms with Crippen molar-refractivity contribution >= 4 is 57.9 Å². The van der Waals surface area contributed by atoms with Crippen LogP contribution in [-0.2, 0) is 4.74 Å². The third kappa shape index (κ3) is 5.71. The molecule has 3 amide bonds. The predicted octanol–water partition coefficient (Wildman–Crippen LogP) is 3.95. The van der Waals surface area contributed by atoms with Gasteiger partial charge in [-0.15, -0.1) is 11.3 Å². The van der Waals surface area contributed by atoms with Crippen LogP contribution in [0.1, 0.15) is 26.5 Å². The van der Waals surface area contributed by atoms with Crippen molar-refractivity contribution in [3.8, 4) is 0 Å². The van der Waals surface area contributed by atoms with Crippen LogP contribution in [-0.4, -0.2) is 56.2 Å². The molecule has 2 atom stereocenters. The molecule has 3 heterocycles. The first-order valence-corrected chi connectivity index (χ1v) is 13.1. The van der Waals surface area contributed by atoms with Crippen molar-refractivity contribution < 1.29 is 19.1 Å². The number of hydrogen-bond acceptors (Lipinski definition) is 7. The van der Waals surface area contributed by atoms with Crippen molar-refractivity contribution in [2.24, 2.45) is 5.73 Å². The molecule has 2 unspecified atom stereocenters. The highest BCUT2D eigenvalue weighted by molar-refractivity contribution is 7.18. The van der Waals surface area contributed by atoms with Crippen molar-refractivity contribution in [2.45, 2.75) is 18.6 Å². The van der Waals surface area contributed by atoms with Crippen LogP contribution in [0, 0.1) is 0 Å². The Labute approximate surface area is 223 Å². The molecule has 1 aromatic heterocycles. The van der Waals surface area contributed by atoms with Gasteiger partial charge < -0.3 is 26.0 Å². The second kappa shape index (κ2) is 10.8. The highest BCUT2D eigenvalue weighted by atomic mass is 35.5.